The number of para-hydroxylation sites is 1. The number of benzene rings is 2. The van der Waals surface area contributed by atoms with E-state index in [9.17, 15) is 0 Å². The van der Waals surface area contributed by atoms with Gasteiger partial charge in [-0.1, -0.05) is 42.5 Å². The molecular formula is C16H19NO. The molecule has 0 atom stereocenters. The van der Waals surface area contributed by atoms with E-state index in [0.717, 1.165) is 18.7 Å². The van der Waals surface area contributed by atoms with Gasteiger partial charge < -0.3 is 10.1 Å². The van der Waals surface area contributed by atoms with Crippen molar-refractivity contribution in [3.63, 3.8) is 0 Å². The van der Waals surface area contributed by atoms with Crippen LogP contribution in [-0.4, -0.2) is 13.6 Å². The van der Waals surface area contributed by atoms with Crippen molar-refractivity contribution in [1.82, 2.24) is 5.32 Å². The van der Waals surface area contributed by atoms with Gasteiger partial charge in [0, 0.05) is 0 Å². The molecule has 2 heteroatoms. The highest BCUT2D eigenvalue weighted by Gasteiger charge is 1.96. The molecule has 0 saturated heterocycles. The van der Waals surface area contributed by atoms with Crippen LogP contribution < -0.4 is 10.1 Å². The number of ether oxygens (including phenoxy) is 1. The molecule has 2 rings (SSSR count). The number of rotatable bonds is 6. The van der Waals surface area contributed by atoms with Gasteiger partial charge in [-0.15, -0.1) is 0 Å². The zero-order valence-corrected chi connectivity index (χ0v) is 10.7. The third-order valence-corrected chi connectivity index (χ3v) is 2.84. The molecule has 1 N–H and O–H groups in total. The van der Waals surface area contributed by atoms with Gasteiger partial charge in [0.2, 0.25) is 0 Å². The number of hydrogen-bond acceptors (Lipinski definition) is 2. The molecular weight excluding hydrogens is 222 g/mol. The summed E-state index contributed by atoms with van der Waals surface area (Å²) in [5.74, 6) is 0.914. The quantitative estimate of drug-likeness (QED) is 0.839. The normalized spacial score (nSPS) is 10.3. The second-order valence-corrected chi connectivity index (χ2v) is 4.27. The molecule has 0 aliphatic rings. The third-order valence-electron chi connectivity index (χ3n) is 2.84. The maximum absolute atomic E-state index is 5.70. The molecule has 0 aromatic heterocycles. The van der Waals surface area contributed by atoms with Crippen LogP contribution in [0.5, 0.6) is 5.75 Å². The minimum Gasteiger partial charge on any atom is -0.489 e. The minimum absolute atomic E-state index is 0.621. The fourth-order valence-corrected chi connectivity index (χ4v) is 1.75. The summed E-state index contributed by atoms with van der Waals surface area (Å²) < 4.78 is 5.70. The molecule has 2 aromatic rings. The number of nitrogens with one attached hydrogen (secondary N) is 1. The highest BCUT2D eigenvalue weighted by atomic mass is 16.5. The SMILES string of the molecule is CNCCc1ccc(COc2ccccc2)cc1. The van der Waals surface area contributed by atoms with E-state index in [1.165, 1.54) is 11.1 Å². The maximum Gasteiger partial charge on any atom is 0.119 e. The Balaban J connectivity index is 1.86. The van der Waals surface area contributed by atoms with Crippen molar-refractivity contribution in [2.24, 2.45) is 0 Å². The molecule has 0 heterocycles. The van der Waals surface area contributed by atoms with Crippen molar-refractivity contribution >= 4 is 0 Å². The summed E-state index contributed by atoms with van der Waals surface area (Å²) in [6, 6.07) is 18.5. The van der Waals surface area contributed by atoms with E-state index in [1.54, 1.807) is 0 Å². The lowest BCUT2D eigenvalue weighted by Crippen LogP contribution is -2.10. The molecule has 0 aliphatic carbocycles. The lowest BCUT2D eigenvalue weighted by atomic mass is 10.1. The van der Waals surface area contributed by atoms with Crippen LogP contribution in [0.25, 0.3) is 0 Å². The Labute approximate surface area is 109 Å². The van der Waals surface area contributed by atoms with Crippen LogP contribution in [0.2, 0.25) is 0 Å². The smallest absolute Gasteiger partial charge is 0.119 e. The number of likely N-dealkylation sites (N-methyl/N-ethyl adjacent to an activating group) is 1. The molecule has 0 spiro atoms. The molecule has 0 radical (unpaired) electrons. The first-order chi connectivity index (χ1) is 8.88. The van der Waals surface area contributed by atoms with Crippen molar-refractivity contribution in [1.29, 1.82) is 0 Å². The summed E-state index contributed by atoms with van der Waals surface area (Å²) in [6.45, 7) is 1.64. The maximum atomic E-state index is 5.70. The van der Waals surface area contributed by atoms with E-state index in [2.05, 4.69) is 29.6 Å². The topological polar surface area (TPSA) is 21.3 Å². The molecule has 2 aromatic carbocycles. The lowest BCUT2D eigenvalue weighted by Gasteiger charge is -2.07. The van der Waals surface area contributed by atoms with Crippen molar-refractivity contribution in [2.45, 2.75) is 13.0 Å². The zero-order valence-electron chi connectivity index (χ0n) is 10.7. The monoisotopic (exact) mass is 241 g/mol. The molecule has 2 nitrogen and oxygen atoms in total. The van der Waals surface area contributed by atoms with Crippen LogP contribution >= 0.6 is 0 Å². The second-order valence-electron chi connectivity index (χ2n) is 4.27. The molecule has 0 bridgehead atoms. The molecule has 0 fully saturated rings. The average molecular weight is 241 g/mol. The molecule has 0 unspecified atom stereocenters. The van der Waals surface area contributed by atoms with Gasteiger partial charge >= 0.3 is 0 Å². The average Bonchev–Trinajstić information content (AvgIpc) is 2.45. The standard InChI is InChI=1S/C16H19NO/c1-17-12-11-14-7-9-15(10-8-14)13-18-16-5-3-2-4-6-16/h2-10,17H,11-13H2,1H3. The van der Waals surface area contributed by atoms with Crippen molar-refractivity contribution in [2.75, 3.05) is 13.6 Å². The Kier molecular flexibility index (Phi) is 4.79. The Morgan fingerprint density at radius 3 is 2.22 bits per heavy atom. The first-order valence-corrected chi connectivity index (χ1v) is 6.29. The summed E-state index contributed by atoms with van der Waals surface area (Å²) in [5.41, 5.74) is 2.56. The lowest BCUT2D eigenvalue weighted by molar-refractivity contribution is 0.306. The summed E-state index contributed by atoms with van der Waals surface area (Å²) in [6.07, 6.45) is 1.07. The molecule has 18 heavy (non-hydrogen) atoms. The van der Waals surface area contributed by atoms with E-state index < -0.39 is 0 Å². The van der Waals surface area contributed by atoms with Crippen molar-refractivity contribution in [3.05, 3.63) is 65.7 Å². The van der Waals surface area contributed by atoms with E-state index in [-0.39, 0.29) is 0 Å². The van der Waals surface area contributed by atoms with Crippen LogP contribution in [-0.2, 0) is 13.0 Å². The van der Waals surface area contributed by atoms with Gasteiger partial charge in [-0.2, -0.15) is 0 Å². The number of hydrogen-bond donors (Lipinski definition) is 1. The van der Waals surface area contributed by atoms with E-state index in [0.29, 0.717) is 6.61 Å². The molecule has 0 saturated carbocycles. The Bertz CT molecular complexity index is 450. The van der Waals surface area contributed by atoms with Crippen LogP contribution in [0.4, 0.5) is 0 Å². The highest BCUT2D eigenvalue weighted by molar-refractivity contribution is 5.24. The third kappa shape index (κ3) is 3.90. The van der Waals surface area contributed by atoms with Crippen molar-refractivity contribution in [3.8, 4) is 5.75 Å². The van der Waals surface area contributed by atoms with E-state index in [4.69, 9.17) is 4.74 Å². The van der Waals surface area contributed by atoms with Crippen LogP contribution in [0.3, 0.4) is 0 Å². The van der Waals surface area contributed by atoms with Gasteiger partial charge in [-0.3, -0.25) is 0 Å². The fourth-order valence-electron chi connectivity index (χ4n) is 1.75. The molecule has 0 amide bonds. The van der Waals surface area contributed by atoms with E-state index >= 15 is 0 Å². The van der Waals surface area contributed by atoms with Crippen LogP contribution in [0.1, 0.15) is 11.1 Å². The van der Waals surface area contributed by atoms with Crippen LogP contribution in [0, 0.1) is 0 Å². The van der Waals surface area contributed by atoms with Gasteiger partial charge in [-0.25, -0.2) is 0 Å². The molecule has 0 aliphatic heterocycles. The van der Waals surface area contributed by atoms with Gasteiger partial charge in [0.1, 0.15) is 12.4 Å². The van der Waals surface area contributed by atoms with Gasteiger partial charge in [0.15, 0.2) is 0 Å². The summed E-state index contributed by atoms with van der Waals surface area (Å²) in [7, 11) is 1.97. The molecule has 94 valence electrons. The minimum atomic E-state index is 0.621. The van der Waals surface area contributed by atoms with E-state index in [1.807, 2.05) is 37.4 Å². The highest BCUT2D eigenvalue weighted by Crippen LogP contribution is 2.12. The van der Waals surface area contributed by atoms with Gasteiger partial charge in [-0.05, 0) is 43.3 Å². The zero-order chi connectivity index (χ0) is 12.6. The van der Waals surface area contributed by atoms with Crippen LogP contribution in [0.15, 0.2) is 54.6 Å². The van der Waals surface area contributed by atoms with Gasteiger partial charge in [0.05, 0.1) is 0 Å². The largest absolute Gasteiger partial charge is 0.489 e. The first kappa shape index (κ1) is 12.7. The first-order valence-electron chi connectivity index (χ1n) is 6.29. The summed E-state index contributed by atoms with van der Waals surface area (Å²) >= 11 is 0. The predicted molar refractivity (Wildman–Crippen MR) is 74.8 cm³/mol. The Hall–Kier alpha value is -1.80. The van der Waals surface area contributed by atoms with Gasteiger partial charge in [0.25, 0.3) is 0 Å². The summed E-state index contributed by atoms with van der Waals surface area (Å²) in [4.78, 5) is 0. The summed E-state index contributed by atoms with van der Waals surface area (Å²) in [5, 5.41) is 3.15. The second kappa shape index (κ2) is 6.82. The van der Waals surface area contributed by atoms with Crippen molar-refractivity contribution < 1.29 is 4.74 Å². The predicted octanol–water partition coefficient (Wildman–Crippen LogP) is 3.03. The fraction of sp³-hybridized carbons (Fsp3) is 0.250. The Morgan fingerprint density at radius 1 is 0.889 bits per heavy atom. The Morgan fingerprint density at radius 2 is 1.56 bits per heavy atom.